The molecule has 3 aromatic carbocycles. The quantitative estimate of drug-likeness (QED) is 0.168. The fourth-order valence-corrected chi connectivity index (χ4v) is 6.63. The van der Waals surface area contributed by atoms with Crippen molar-refractivity contribution in [3.05, 3.63) is 124 Å². The predicted molar refractivity (Wildman–Crippen MR) is 179 cm³/mol. The van der Waals surface area contributed by atoms with Crippen LogP contribution in [0.3, 0.4) is 0 Å². The van der Waals surface area contributed by atoms with E-state index in [-0.39, 0.29) is 18.8 Å². The molecule has 0 saturated heterocycles. The van der Waals surface area contributed by atoms with E-state index in [1.807, 2.05) is 49.4 Å². The van der Waals surface area contributed by atoms with Gasteiger partial charge in [-0.25, -0.2) is 9.79 Å². The van der Waals surface area contributed by atoms with Crippen LogP contribution in [0.25, 0.3) is 6.08 Å². The van der Waals surface area contributed by atoms with E-state index in [9.17, 15) is 9.59 Å². The summed E-state index contributed by atoms with van der Waals surface area (Å²) in [7, 11) is 0. The third-order valence-electron chi connectivity index (χ3n) is 7.40. The van der Waals surface area contributed by atoms with Crippen LogP contribution in [0.2, 0.25) is 10.0 Å². The van der Waals surface area contributed by atoms with Gasteiger partial charge in [-0.3, -0.25) is 9.36 Å². The van der Waals surface area contributed by atoms with Gasteiger partial charge in [0.25, 0.3) is 5.56 Å². The molecule has 0 fully saturated rings. The number of esters is 1. The molecular weight excluding hydrogens is 631 g/mol. The molecule has 0 amide bonds. The van der Waals surface area contributed by atoms with Crippen LogP contribution in [0.1, 0.15) is 68.8 Å². The number of ether oxygens (including phenoxy) is 3. The number of thiazole rings is 1. The second-order valence-electron chi connectivity index (χ2n) is 10.8. The van der Waals surface area contributed by atoms with Crippen molar-refractivity contribution in [2.75, 3.05) is 13.2 Å². The van der Waals surface area contributed by atoms with Gasteiger partial charge < -0.3 is 14.2 Å². The number of carbonyl (C=O) groups is 1. The Kier molecular flexibility index (Phi) is 10.2. The maximum Gasteiger partial charge on any atom is 0.338 e. The molecule has 0 spiro atoms. The molecule has 5 rings (SSSR count). The van der Waals surface area contributed by atoms with Gasteiger partial charge in [-0.2, -0.15) is 0 Å². The second kappa shape index (κ2) is 14.1. The lowest BCUT2D eigenvalue weighted by Crippen LogP contribution is -2.39. The summed E-state index contributed by atoms with van der Waals surface area (Å²) >= 11 is 13.6. The third-order valence-corrected chi connectivity index (χ3v) is 8.97. The highest BCUT2D eigenvalue weighted by molar-refractivity contribution is 7.07. The molecule has 0 unspecified atom stereocenters. The van der Waals surface area contributed by atoms with Gasteiger partial charge in [0.2, 0.25) is 0 Å². The number of aromatic nitrogens is 1. The number of benzene rings is 3. The minimum atomic E-state index is -0.668. The molecule has 234 valence electrons. The maximum atomic E-state index is 14.0. The van der Waals surface area contributed by atoms with Gasteiger partial charge in [0.15, 0.2) is 16.3 Å². The van der Waals surface area contributed by atoms with Crippen molar-refractivity contribution in [1.82, 2.24) is 4.57 Å². The van der Waals surface area contributed by atoms with E-state index in [0.29, 0.717) is 54.7 Å². The monoisotopic (exact) mass is 664 g/mol. The molecule has 1 aromatic heterocycles. The van der Waals surface area contributed by atoms with E-state index in [4.69, 9.17) is 37.4 Å². The highest BCUT2D eigenvalue weighted by Crippen LogP contribution is 2.33. The number of nitrogens with zero attached hydrogens (tertiary/aromatic N) is 2. The molecular formula is C35H34Cl2N2O5S. The van der Waals surface area contributed by atoms with E-state index < -0.39 is 12.0 Å². The second-order valence-corrected chi connectivity index (χ2v) is 12.6. The van der Waals surface area contributed by atoms with E-state index in [1.54, 1.807) is 42.7 Å². The highest BCUT2D eigenvalue weighted by atomic mass is 35.5. The Morgan fingerprint density at radius 1 is 1.00 bits per heavy atom. The van der Waals surface area contributed by atoms with E-state index in [2.05, 4.69) is 18.8 Å². The molecule has 1 aliphatic rings. The lowest BCUT2D eigenvalue weighted by molar-refractivity contribution is -0.139. The first kappa shape index (κ1) is 32.5. The Bertz CT molecular complexity index is 1940. The van der Waals surface area contributed by atoms with Gasteiger partial charge >= 0.3 is 5.97 Å². The molecule has 45 heavy (non-hydrogen) atoms. The summed E-state index contributed by atoms with van der Waals surface area (Å²) in [5.74, 6) is 0.938. The first-order valence-electron chi connectivity index (χ1n) is 14.7. The zero-order valence-corrected chi connectivity index (χ0v) is 28.1. The summed E-state index contributed by atoms with van der Waals surface area (Å²) in [6.07, 6.45) is 1.80. The van der Waals surface area contributed by atoms with Crippen LogP contribution in [0.5, 0.6) is 11.5 Å². The average Bonchev–Trinajstić information content (AvgIpc) is 3.30. The van der Waals surface area contributed by atoms with Gasteiger partial charge in [-0.1, -0.05) is 84.8 Å². The van der Waals surface area contributed by atoms with Crippen molar-refractivity contribution in [3.8, 4) is 11.5 Å². The van der Waals surface area contributed by atoms with Gasteiger partial charge in [0.1, 0.15) is 6.61 Å². The van der Waals surface area contributed by atoms with E-state index >= 15 is 0 Å². The van der Waals surface area contributed by atoms with Crippen LogP contribution in [-0.4, -0.2) is 23.8 Å². The van der Waals surface area contributed by atoms with Crippen LogP contribution >= 0.6 is 34.5 Å². The Labute approximate surface area is 276 Å². The van der Waals surface area contributed by atoms with Crippen LogP contribution in [0.15, 0.2) is 81.7 Å². The van der Waals surface area contributed by atoms with Gasteiger partial charge in [-0.05, 0) is 73.7 Å². The number of fused-ring (bicyclic) bond motifs is 1. The normalized spacial score (nSPS) is 14.8. The molecule has 0 aliphatic carbocycles. The molecule has 0 N–H and O–H groups in total. The van der Waals surface area contributed by atoms with Crippen molar-refractivity contribution in [2.45, 2.75) is 53.2 Å². The third kappa shape index (κ3) is 7.03. The van der Waals surface area contributed by atoms with E-state index in [0.717, 1.165) is 16.7 Å². The summed E-state index contributed by atoms with van der Waals surface area (Å²) < 4.78 is 19.4. The summed E-state index contributed by atoms with van der Waals surface area (Å²) in [6.45, 7) is 10.5. The molecule has 0 saturated carbocycles. The van der Waals surface area contributed by atoms with E-state index in [1.165, 1.54) is 16.9 Å². The molecule has 0 radical (unpaired) electrons. The molecule has 2 heterocycles. The fourth-order valence-electron chi connectivity index (χ4n) is 5.12. The summed E-state index contributed by atoms with van der Waals surface area (Å²) in [5.41, 5.74) is 4.15. The number of rotatable bonds is 10. The minimum Gasteiger partial charge on any atom is -0.490 e. The standard InChI is InChI=1S/C35H34Cl2N2O5S/c1-6-42-29-16-22(8-15-28(29)44-19-25-13-14-26(36)18-27(25)37)17-30-33(40)39-32(24-11-9-23(10-12-24)20(3)4)31(34(41)43-7-2)21(5)38-35(39)45-30/h8-18,20,32H,6-7,19H2,1-5H3/b30-17-/t32-/m1/s1. The average molecular weight is 666 g/mol. The Morgan fingerprint density at radius 3 is 2.42 bits per heavy atom. The fraction of sp³-hybridized carbons (Fsp3) is 0.286. The summed E-state index contributed by atoms with van der Waals surface area (Å²) in [5, 5.41) is 1.07. The van der Waals surface area contributed by atoms with Crippen LogP contribution in [-0.2, 0) is 16.1 Å². The van der Waals surface area contributed by atoms with Crippen molar-refractivity contribution >= 4 is 46.6 Å². The Balaban J connectivity index is 1.55. The lowest BCUT2D eigenvalue weighted by atomic mass is 9.93. The topological polar surface area (TPSA) is 79.1 Å². The van der Waals surface area contributed by atoms with Crippen molar-refractivity contribution in [3.63, 3.8) is 0 Å². The van der Waals surface area contributed by atoms with Gasteiger partial charge in [-0.15, -0.1) is 0 Å². The number of hydrogen-bond donors (Lipinski definition) is 0. The molecule has 0 bridgehead atoms. The molecule has 7 nitrogen and oxygen atoms in total. The minimum absolute atomic E-state index is 0.216. The highest BCUT2D eigenvalue weighted by Gasteiger charge is 2.33. The summed E-state index contributed by atoms with van der Waals surface area (Å²) in [6, 6.07) is 18.1. The zero-order chi connectivity index (χ0) is 32.2. The van der Waals surface area contributed by atoms with Crippen molar-refractivity contribution in [2.24, 2.45) is 4.99 Å². The zero-order valence-electron chi connectivity index (χ0n) is 25.7. The van der Waals surface area contributed by atoms with Gasteiger partial charge in [0.05, 0.1) is 35.1 Å². The van der Waals surface area contributed by atoms with Crippen molar-refractivity contribution in [1.29, 1.82) is 0 Å². The molecule has 10 heteroatoms. The number of carbonyl (C=O) groups excluding carboxylic acids is 1. The molecule has 1 atom stereocenters. The smallest absolute Gasteiger partial charge is 0.338 e. The first-order valence-corrected chi connectivity index (χ1v) is 16.3. The predicted octanol–water partition coefficient (Wildman–Crippen LogP) is 7.21. The van der Waals surface area contributed by atoms with Crippen LogP contribution < -0.4 is 24.4 Å². The van der Waals surface area contributed by atoms with Gasteiger partial charge in [0, 0.05) is 15.6 Å². The maximum absolute atomic E-state index is 14.0. The number of halogens is 2. The lowest BCUT2D eigenvalue weighted by Gasteiger charge is -2.25. The molecule has 4 aromatic rings. The van der Waals surface area contributed by atoms with Crippen LogP contribution in [0, 0.1) is 0 Å². The molecule has 1 aliphatic heterocycles. The Hall–Kier alpha value is -3.85. The number of allylic oxidation sites excluding steroid dienone is 1. The SMILES string of the molecule is CCOC(=O)C1=C(C)N=c2s/c(=C\c3ccc(OCc4ccc(Cl)cc4Cl)c(OCC)c3)c(=O)n2[C@@H]1c1ccc(C(C)C)cc1. The summed E-state index contributed by atoms with van der Waals surface area (Å²) in [4.78, 5) is 32.4. The van der Waals surface area contributed by atoms with Crippen LogP contribution in [0.4, 0.5) is 0 Å². The Morgan fingerprint density at radius 2 is 1.76 bits per heavy atom. The first-order chi connectivity index (χ1) is 21.6. The largest absolute Gasteiger partial charge is 0.490 e. The van der Waals surface area contributed by atoms with Crippen molar-refractivity contribution < 1.29 is 19.0 Å². The number of hydrogen-bond acceptors (Lipinski definition) is 7.